The summed E-state index contributed by atoms with van der Waals surface area (Å²) in [5.74, 6) is -0.0160. The van der Waals surface area contributed by atoms with Crippen LogP contribution >= 0.6 is 0 Å². The molecule has 0 aromatic rings. The molecule has 0 saturated carbocycles. The molecule has 0 unspecified atom stereocenters. The van der Waals surface area contributed by atoms with E-state index in [0.29, 0.717) is 6.61 Å². The molecule has 0 spiro atoms. The molecule has 5 heteroatoms. The van der Waals surface area contributed by atoms with Crippen LogP contribution in [0.1, 0.15) is 78.1 Å². The van der Waals surface area contributed by atoms with E-state index in [1.807, 2.05) is 11.0 Å². The third-order valence-electron chi connectivity index (χ3n) is 5.76. The predicted octanol–water partition coefficient (Wildman–Crippen LogP) is 4.32. The van der Waals surface area contributed by atoms with Gasteiger partial charge in [0.15, 0.2) is 0 Å². The van der Waals surface area contributed by atoms with Crippen LogP contribution in [0.15, 0.2) is 12.2 Å². The summed E-state index contributed by atoms with van der Waals surface area (Å²) in [6.07, 6.45) is 15.5. The van der Waals surface area contributed by atoms with Gasteiger partial charge in [-0.3, -0.25) is 9.59 Å². The van der Waals surface area contributed by atoms with Gasteiger partial charge in [-0.25, -0.2) is 0 Å². The zero-order chi connectivity index (χ0) is 20.7. The van der Waals surface area contributed by atoms with Gasteiger partial charge >= 0.3 is 5.97 Å². The molecular weight excluding hydrogens is 352 g/mol. The Balaban J connectivity index is 2.07. The van der Waals surface area contributed by atoms with Crippen molar-refractivity contribution >= 4 is 11.9 Å². The lowest BCUT2D eigenvalue weighted by Gasteiger charge is -2.42. The highest BCUT2D eigenvalue weighted by Gasteiger charge is 2.29. The molecule has 1 fully saturated rings. The first kappa shape index (κ1) is 24.7. The Hall–Kier alpha value is -1.36. The van der Waals surface area contributed by atoms with Crippen molar-refractivity contribution in [2.45, 2.75) is 78.1 Å². The second-order valence-electron chi connectivity index (χ2n) is 8.48. The van der Waals surface area contributed by atoms with Crippen molar-refractivity contribution in [3.63, 3.8) is 0 Å². The molecule has 0 aromatic heterocycles. The Morgan fingerprint density at radius 3 is 2.29 bits per heavy atom. The summed E-state index contributed by atoms with van der Waals surface area (Å²) in [4.78, 5) is 25.0. The third-order valence-corrected chi connectivity index (χ3v) is 5.76. The maximum absolute atomic E-state index is 12.4. The molecule has 1 saturated heterocycles. The number of amides is 1. The lowest BCUT2D eigenvalue weighted by Crippen LogP contribution is -2.58. The van der Waals surface area contributed by atoms with E-state index in [9.17, 15) is 9.59 Å². The predicted molar refractivity (Wildman–Crippen MR) is 115 cm³/mol. The summed E-state index contributed by atoms with van der Waals surface area (Å²) >= 11 is 0. The first-order valence-corrected chi connectivity index (χ1v) is 11.4. The van der Waals surface area contributed by atoms with Crippen molar-refractivity contribution in [3.8, 4) is 0 Å². The van der Waals surface area contributed by atoms with Gasteiger partial charge < -0.3 is 14.1 Å². The van der Waals surface area contributed by atoms with Crippen molar-refractivity contribution < 1.29 is 18.8 Å². The minimum Gasteiger partial charge on any atom is -0.466 e. The molecule has 0 bridgehead atoms. The second-order valence-corrected chi connectivity index (χ2v) is 8.48. The Morgan fingerprint density at radius 1 is 0.964 bits per heavy atom. The van der Waals surface area contributed by atoms with Crippen molar-refractivity contribution in [2.75, 3.05) is 46.4 Å². The van der Waals surface area contributed by atoms with E-state index in [1.54, 1.807) is 6.08 Å². The van der Waals surface area contributed by atoms with Crippen LogP contribution in [0, 0.1) is 0 Å². The Bertz CT molecular complexity index is 468. The fourth-order valence-electron chi connectivity index (χ4n) is 3.71. The highest BCUT2D eigenvalue weighted by Crippen LogP contribution is 2.14. The normalized spacial score (nSPS) is 16.5. The molecule has 1 rings (SSSR count). The van der Waals surface area contributed by atoms with Crippen molar-refractivity contribution in [3.05, 3.63) is 12.2 Å². The molecule has 1 aliphatic heterocycles. The van der Waals surface area contributed by atoms with Crippen molar-refractivity contribution in [1.29, 1.82) is 0 Å². The molecule has 1 aliphatic rings. The van der Waals surface area contributed by atoms with E-state index in [4.69, 9.17) is 4.74 Å². The lowest BCUT2D eigenvalue weighted by atomic mass is 10.1. The van der Waals surface area contributed by atoms with E-state index in [0.717, 1.165) is 69.2 Å². The standard InChI is InChI=1S/C23H43N2O3/c1-4-5-6-13-18-25(3)19-16-24(17-20-25)23(27)15-12-10-8-7-9-11-14-21-28-22(2)26/h12,15H,4-11,13-14,16-21H2,1-3H3/q+1/b15-12+. The molecule has 0 aliphatic carbocycles. The zero-order valence-corrected chi connectivity index (χ0v) is 18.6. The highest BCUT2D eigenvalue weighted by atomic mass is 16.5. The molecule has 1 amide bonds. The van der Waals surface area contributed by atoms with E-state index in [2.05, 4.69) is 14.0 Å². The molecule has 28 heavy (non-hydrogen) atoms. The molecule has 5 nitrogen and oxygen atoms in total. The van der Waals surface area contributed by atoms with Gasteiger partial charge in [0.1, 0.15) is 0 Å². The van der Waals surface area contributed by atoms with Gasteiger partial charge in [0.05, 0.1) is 46.4 Å². The van der Waals surface area contributed by atoms with E-state index in [1.165, 1.54) is 39.2 Å². The molecule has 0 atom stereocenters. The fourth-order valence-corrected chi connectivity index (χ4v) is 3.71. The van der Waals surface area contributed by atoms with Gasteiger partial charge in [-0.1, -0.05) is 45.1 Å². The monoisotopic (exact) mass is 395 g/mol. The summed E-state index contributed by atoms with van der Waals surface area (Å²) in [6.45, 7) is 9.42. The number of quaternary nitrogens is 1. The van der Waals surface area contributed by atoms with Gasteiger partial charge in [0.25, 0.3) is 0 Å². The van der Waals surface area contributed by atoms with Crippen LogP contribution in [0.2, 0.25) is 0 Å². The Labute approximate surface area is 172 Å². The Kier molecular flexibility index (Phi) is 12.9. The van der Waals surface area contributed by atoms with Gasteiger partial charge in [-0.15, -0.1) is 0 Å². The molecule has 0 radical (unpaired) electrons. The Morgan fingerprint density at radius 2 is 1.61 bits per heavy atom. The number of piperazine rings is 1. The van der Waals surface area contributed by atoms with Crippen LogP contribution < -0.4 is 0 Å². The highest BCUT2D eigenvalue weighted by molar-refractivity contribution is 5.87. The minimum atomic E-state index is -0.195. The average Bonchev–Trinajstić information content (AvgIpc) is 2.67. The van der Waals surface area contributed by atoms with Crippen LogP contribution in [0.4, 0.5) is 0 Å². The van der Waals surface area contributed by atoms with Crippen LogP contribution in [-0.4, -0.2) is 67.6 Å². The SMILES string of the molecule is CCCCCC[N+]1(C)CCN(C(=O)/C=C/CCCCCCCOC(C)=O)CC1. The van der Waals surface area contributed by atoms with Gasteiger partial charge in [-0.2, -0.15) is 0 Å². The first-order valence-electron chi connectivity index (χ1n) is 11.4. The summed E-state index contributed by atoms with van der Waals surface area (Å²) in [6, 6.07) is 0. The number of hydrogen-bond acceptors (Lipinski definition) is 3. The number of esters is 1. The fraction of sp³-hybridized carbons (Fsp3) is 0.826. The third kappa shape index (κ3) is 11.5. The number of hydrogen-bond donors (Lipinski definition) is 0. The summed E-state index contributed by atoms with van der Waals surface area (Å²) in [5, 5.41) is 0. The van der Waals surface area contributed by atoms with Gasteiger partial charge in [0, 0.05) is 6.92 Å². The first-order chi connectivity index (χ1) is 13.5. The van der Waals surface area contributed by atoms with Crippen LogP contribution in [0.3, 0.4) is 0 Å². The average molecular weight is 396 g/mol. The number of carbonyl (C=O) groups is 2. The number of carbonyl (C=O) groups excluding carboxylic acids is 2. The topological polar surface area (TPSA) is 46.6 Å². The summed E-state index contributed by atoms with van der Waals surface area (Å²) in [5.41, 5.74) is 0. The summed E-state index contributed by atoms with van der Waals surface area (Å²) in [7, 11) is 2.34. The largest absolute Gasteiger partial charge is 0.466 e. The number of likely N-dealkylation sites (N-methyl/N-ethyl adjacent to an activating group) is 1. The second kappa shape index (κ2) is 14.6. The van der Waals surface area contributed by atoms with Crippen LogP contribution in [0.25, 0.3) is 0 Å². The quantitative estimate of drug-likeness (QED) is 0.190. The van der Waals surface area contributed by atoms with Crippen LogP contribution in [-0.2, 0) is 14.3 Å². The van der Waals surface area contributed by atoms with E-state index >= 15 is 0 Å². The molecule has 0 N–H and O–H groups in total. The lowest BCUT2D eigenvalue weighted by molar-refractivity contribution is -0.913. The van der Waals surface area contributed by atoms with Gasteiger partial charge in [0.2, 0.25) is 5.91 Å². The number of allylic oxidation sites excluding steroid dienone is 1. The molecular formula is C23H43N2O3+. The van der Waals surface area contributed by atoms with E-state index < -0.39 is 0 Å². The molecule has 162 valence electrons. The molecule has 0 aromatic carbocycles. The maximum atomic E-state index is 12.4. The minimum absolute atomic E-state index is 0.179. The number of rotatable bonds is 14. The summed E-state index contributed by atoms with van der Waals surface area (Å²) < 4.78 is 6.04. The number of nitrogens with zero attached hydrogens (tertiary/aromatic N) is 2. The van der Waals surface area contributed by atoms with Crippen molar-refractivity contribution in [2.24, 2.45) is 0 Å². The number of ether oxygens (including phenoxy) is 1. The smallest absolute Gasteiger partial charge is 0.302 e. The van der Waals surface area contributed by atoms with Crippen LogP contribution in [0.5, 0.6) is 0 Å². The van der Waals surface area contributed by atoms with E-state index in [-0.39, 0.29) is 11.9 Å². The number of unbranched alkanes of at least 4 members (excludes halogenated alkanes) is 8. The maximum Gasteiger partial charge on any atom is 0.302 e. The molecule has 1 heterocycles. The zero-order valence-electron chi connectivity index (χ0n) is 18.6. The van der Waals surface area contributed by atoms with Gasteiger partial charge in [-0.05, 0) is 38.2 Å². The van der Waals surface area contributed by atoms with Crippen molar-refractivity contribution in [1.82, 2.24) is 4.90 Å².